The summed E-state index contributed by atoms with van der Waals surface area (Å²) in [5.74, 6) is -1.26. The van der Waals surface area contributed by atoms with E-state index in [1.54, 1.807) is 0 Å². The largest absolute Gasteiger partial charge is 0.479 e. The second-order valence-electron chi connectivity index (χ2n) is 9.50. The van der Waals surface area contributed by atoms with Crippen molar-refractivity contribution < 1.29 is 29.3 Å². The van der Waals surface area contributed by atoms with Gasteiger partial charge in [-0.3, -0.25) is 4.79 Å². The monoisotopic (exact) mass is 464 g/mol. The highest BCUT2D eigenvalue weighted by molar-refractivity contribution is 5.81. The van der Waals surface area contributed by atoms with Gasteiger partial charge < -0.3 is 25.6 Å². The van der Waals surface area contributed by atoms with E-state index in [0.717, 1.165) is 17.5 Å². The molecule has 2 aromatic carbocycles. The van der Waals surface area contributed by atoms with Crippen LogP contribution in [0.2, 0.25) is 0 Å². The van der Waals surface area contributed by atoms with E-state index in [1.807, 2.05) is 24.3 Å². The zero-order valence-corrected chi connectivity index (χ0v) is 18.6. The molecule has 0 aliphatic heterocycles. The van der Waals surface area contributed by atoms with Crippen molar-refractivity contribution in [3.8, 4) is 11.1 Å². The van der Waals surface area contributed by atoms with E-state index in [-0.39, 0.29) is 42.9 Å². The number of amides is 2. The molecule has 0 spiro atoms. The first-order valence-corrected chi connectivity index (χ1v) is 11.7. The van der Waals surface area contributed by atoms with Gasteiger partial charge in [0.25, 0.3) is 0 Å². The molecule has 0 radical (unpaired) electrons. The summed E-state index contributed by atoms with van der Waals surface area (Å²) in [6.07, 6.45) is 0.0975. The van der Waals surface area contributed by atoms with Crippen molar-refractivity contribution in [1.29, 1.82) is 0 Å². The summed E-state index contributed by atoms with van der Waals surface area (Å²) in [6.45, 7) is -0.0426. The maximum atomic E-state index is 12.6. The van der Waals surface area contributed by atoms with E-state index in [0.29, 0.717) is 18.8 Å². The Labute approximate surface area is 197 Å². The number of aliphatic hydroxyl groups excluding tert-OH is 1. The van der Waals surface area contributed by atoms with E-state index in [9.17, 15) is 19.5 Å². The molecule has 5 atom stereocenters. The number of carboxylic acid groups (broad SMARTS) is 1. The maximum Gasteiger partial charge on any atom is 0.407 e. The number of benzene rings is 2. The minimum atomic E-state index is -1.61. The summed E-state index contributed by atoms with van der Waals surface area (Å²) in [5, 5.41) is 23.6. The van der Waals surface area contributed by atoms with Crippen molar-refractivity contribution in [2.24, 2.45) is 17.8 Å². The second-order valence-corrected chi connectivity index (χ2v) is 9.50. The number of carbonyl (C=O) groups is 3. The number of alkyl carbamates (subject to hydrolysis) is 1. The number of aliphatic hydroxyl groups is 1. The number of hydrogen-bond acceptors (Lipinski definition) is 5. The molecule has 2 saturated carbocycles. The summed E-state index contributed by atoms with van der Waals surface area (Å²) < 4.78 is 5.64. The van der Waals surface area contributed by atoms with Gasteiger partial charge in [-0.25, -0.2) is 9.59 Å². The quantitative estimate of drug-likeness (QED) is 0.499. The Morgan fingerprint density at radius 2 is 1.62 bits per heavy atom. The fourth-order valence-electron chi connectivity index (χ4n) is 5.83. The third-order valence-corrected chi connectivity index (χ3v) is 7.60. The molecule has 8 heteroatoms. The first-order chi connectivity index (χ1) is 16.4. The maximum absolute atomic E-state index is 12.6. The highest BCUT2D eigenvalue weighted by Crippen LogP contribution is 2.50. The molecule has 34 heavy (non-hydrogen) atoms. The van der Waals surface area contributed by atoms with Crippen LogP contribution in [-0.4, -0.2) is 53.5 Å². The van der Waals surface area contributed by atoms with Crippen LogP contribution in [0.3, 0.4) is 0 Å². The average molecular weight is 465 g/mol. The van der Waals surface area contributed by atoms with Crippen molar-refractivity contribution in [2.45, 2.75) is 37.3 Å². The number of carbonyl (C=O) groups excluding carboxylic acids is 2. The first-order valence-electron chi connectivity index (χ1n) is 11.7. The summed E-state index contributed by atoms with van der Waals surface area (Å²) in [4.78, 5) is 35.6. The molecule has 4 N–H and O–H groups in total. The van der Waals surface area contributed by atoms with Gasteiger partial charge >= 0.3 is 12.1 Å². The molecule has 0 aromatic heterocycles. The third kappa shape index (κ3) is 4.14. The van der Waals surface area contributed by atoms with Crippen LogP contribution >= 0.6 is 0 Å². The van der Waals surface area contributed by atoms with Crippen molar-refractivity contribution in [3.63, 3.8) is 0 Å². The number of rotatable bonds is 7. The summed E-state index contributed by atoms with van der Waals surface area (Å²) in [7, 11) is 0. The number of aliphatic carboxylic acids is 1. The second kappa shape index (κ2) is 9.10. The Morgan fingerprint density at radius 3 is 2.26 bits per heavy atom. The molecular formula is C26H28N2O6. The van der Waals surface area contributed by atoms with E-state index in [4.69, 9.17) is 9.84 Å². The van der Waals surface area contributed by atoms with E-state index in [2.05, 4.69) is 34.9 Å². The molecule has 0 heterocycles. The standard InChI is InChI=1S/C26H28N2O6/c29-23(25(31)32)12-27-24(30)15-9-14-11-22(20(14)10-15)28-26(33)34-13-21-18-7-3-1-5-16(18)17-6-2-4-8-19(17)21/h1-8,14-15,20-23,29H,9-13H2,(H,27,30)(H,28,33)(H,31,32)/t14?,15?,20?,22?,23-/m0/s1. The lowest BCUT2D eigenvalue weighted by Crippen LogP contribution is -2.50. The van der Waals surface area contributed by atoms with Gasteiger partial charge in [0, 0.05) is 17.9 Å². The topological polar surface area (TPSA) is 125 Å². The van der Waals surface area contributed by atoms with Gasteiger partial charge in [0.05, 0.1) is 6.54 Å². The van der Waals surface area contributed by atoms with Crippen LogP contribution in [0.15, 0.2) is 48.5 Å². The number of carboxylic acids is 1. The molecule has 8 nitrogen and oxygen atoms in total. The zero-order valence-electron chi connectivity index (χ0n) is 18.6. The SMILES string of the molecule is O=C(NC1CC2CC(C(=O)NC[C@H](O)C(=O)O)CC21)OCC1c2ccccc2-c2ccccc21. The minimum Gasteiger partial charge on any atom is -0.479 e. The third-order valence-electron chi connectivity index (χ3n) is 7.60. The molecule has 0 bridgehead atoms. The molecule has 2 aromatic rings. The lowest BCUT2D eigenvalue weighted by Gasteiger charge is -2.40. The Balaban J connectivity index is 1.12. The van der Waals surface area contributed by atoms with Crippen LogP contribution < -0.4 is 10.6 Å². The molecule has 3 aliphatic carbocycles. The molecule has 2 amide bonds. The predicted molar refractivity (Wildman–Crippen MR) is 123 cm³/mol. The number of hydrogen-bond donors (Lipinski definition) is 4. The van der Waals surface area contributed by atoms with Gasteiger partial charge in [-0.2, -0.15) is 0 Å². The van der Waals surface area contributed by atoms with Gasteiger partial charge in [0.2, 0.25) is 5.91 Å². The minimum absolute atomic E-state index is 0.00741. The Kier molecular flexibility index (Phi) is 6.00. The summed E-state index contributed by atoms with van der Waals surface area (Å²) >= 11 is 0. The van der Waals surface area contributed by atoms with Crippen LogP contribution in [0.4, 0.5) is 4.79 Å². The van der Waals surface area contributed by atoms with Crippen molar-refractivity contribution in [3.05, 3.63) is 59.7 Å². The number of fused-ring (bicyclic) bond motifs is 4. The Hall–Kier alpha value is -3.39. The van der Waals surface area contributed by atoms with Crippen molar-refractivity contribution >= 4 is 18.0 Å². The van der Waals surface area contributed by atoms with Gasteiger partial charge in [0.15, 0.2) is 6.10 Å². The van der Waals surface area contributed by atoms with Crippen molar-refractivity contribution in [2.75, 3.05) is 13.2 Å². The zero-order chi connectivity index (χ0) is 23.8. The van der Waals surface area contributed by atoms with E-state index in [1.165, 1.54) is 11.1 Å². The lowest BCUT2D eigenvalue weighted by molar-refractivity contribution is -0.146. The van der Waals surface area contributed by atoms with Crippen molar-refractivity contribution in [1.82, 2.24) is 10.6 Å². The molecule has 178 valence electrons. The van der Waals surface area contributed by atoms with Crippen LogP contribution in [0.1, 0.15) is 36.3 Å². The van der Waals surface area contributed by atoms with Crippen LogP contribution in [0.25, 0.3) is 11.1 Å². The van der Waals surface area contributed by atoms with Crippen LogP contribution in [-0.2, 0) is 14.3 Å². The van der Waals surface area contributed by atoms with Gasteiger partial charge in [-0.1, -0.05) is 48.5 Å². The summed E-state index contributed by atoms with van der Waals surface area (Å²) in [5.41, 5.74) is 4.69. The fourth-order valence-corrected chi connectivity index (χ4v) is 5.83. The number of ether oxygens (including phenoxy) is 1. The number of nitrogens with one attached hydrogen (secondary N) is 2. The molecule has 5 rings (SSSR count). The fraction of sp³-hybridized carbons (Fsp3) is 0.423. The van der Waals surface area contributed by atoms with Gasteiger partial charge in [-0.15, -0.1) is 0 Å². The lowest BCUT2D eigenvalue weighted by atomic mass is 9.71. The highest BCUT2D eigenvalue weighted by atomic mass is 16.5. The van der Waals surface area contributed by atoms with E-state index >= 15 is 0 Å². The molecule has 4 unspecified atom stereocenters. The molecule has 3 aliphatic rings. The molecule has 2 fully saturated rings. The van der Waals surface area contributed by atoms with Gasteiger partial charge in [0.1, 0.15) is 6.61 Å². The van der Waals surface area contributed by atoms with E-state index < -0.39 is 18.2 Å². The Bertz CT molecular complexity index is 1070. The highest BCUT2D eigenvalue weighted by Gasteiger charge is 2.50. The smallest absolute Gasteiger partial charge is 0.407 e. The normalized spacial score (nSPS) is 25.3. The first kappa shape index (κ1) is 22.4. The summed E-state index contributed by atoms with van der Waals surface area (Å²) in [6, 6.07) is 16.4. The molecular weight excluding hydrogens is 436 g/mol. The Morgan fingerprint density at radius 1 is 0.971 bits per heavy atom. The van der Waals surface area contributed by atoms with Crippen LogP contribution in [0, 0.1) is 17.8 Å². The average Bonchev–Trinajstić information content (AvgIpc) is 3.34. The molecule has 0 saturated heterocycles. The predicted octanol–water partition coefficient (Wildman–Crippen LogP) is 2.50. The van der Waals surface area contributed by atoms with Crippen LogP contribution in [0.5, 0.6) is 0 Å². The van der Waals surface area contributed by atoms with Gasteiger partial charge in [-0.05, 0) is 53.4 Å².